The number of rotatable bonds is 5. The minimum absolute atomic E-state index is 0.592. The fourth-order valence-electron chi connectivity index (χ4n) is 2.75. The minimum Gasteiger partial charge on any atom is -0.394 e. The van der Waals surface area contributed by atoms with Crippen LogP contribution in [0.15, 0.2) is 0 Å². The number of aliphatic hydroxyl groups excluding tert-OH is 7. The summed E-state index contributed by atoms with van der Waals surface area (Å²) in [5.74, 6) is 0. The van der Waals surface area contributed by atoms with Gasteiger partial charge in [-0.3, -0.25) is 0 Å². The first kappa shape index (κ1) is 19.9. The second kappa shape index (κ2) is 8.29. The van der Waals surface area contributed by atoms with Gasteiger partial charge in [0.15, 0.2) is 12.6 Å². The molecule has 0 aromatic heterocycles. The van der Waals surface area contributed by atoms with E-state index in [9.17, 15) is 30.6 Å². The number of methoxy groups -OCH3 is 1. The van der Waals surface area contributed by atoms with Crippen molar-refractivity contribution in [1.82, 2.24) is 0 Å². The van der Waals surface area contributed by atoms with E-state index in [4.69, 9.17) is 24.1 Å². The quantitative estimate of drug-likeness (QED) is 0.251. The molecule has 11 heteroatoms. The lowest BCUT2D eigenvalue weighted by Crippen LogP contribution is -2.64. The molecule has 0 radical (unpaired) electrons. The molecule has 0 bridgehead atoms. The Morgan fingerprint density at radius 2 is 1.25 bits per heavy atom. The highest BCUT2D eigenvalue weighted by atomic mass is 16.7. The van der Waals surface area contributed by atoms with Crippen molar-refractivity contribution in [3.63, 3.8) is 0 Å². The van der Waals surface area contributed by atoms with E-state index in [2.05, 4.69) is 0 Å². The molecule has 142 valence electrons. The van der Waals surface area contributed by atoms with Crippen LogP contribution in [0.3, 0.4) is 0 Å². The van der Waals surface area contributed by atoms with Gasteiger partial charge < -0.3 is 54.7 Å². The van der Waals surface area contributed by atoms with Gasteiger partial charge in [0.2, 0.25) is 0 Å². The predicted octanol–water partition coefficient (Wildman–Crippen LogP) is -4.74. The Morgan fingerprint density at radius 3 is 1.79 bits per heavy atom. The third kappa shape index (κ3) is 3.71. The van der Waals surface area contributed by atoms with Gasteiger partial charge in [-0.1, -0.05) is 0 Å². The van der Waals surface area contributed by atoms with E-state index in [0.717, 1.165) is 0 Å². The highest BCUT2D eigenvalue weighted by Crippen LogP contribution is 2.29. The topological polar surface area (TPSA) is 179 Å². The lowest BCUT2D eigenvalue weighted by Gasteiger charge is -2.45. The molecule has 2 heterocycles. The van der Waals surface area contributed by atoms with E-state index in [1.54, 1.807) is 0 Å². The number of hydrogen-bond donors (Lipinski definition) is 7. The fraction of sp³-hybridized carbons (Fsp3) is 1.00. The zero-order valence-corrected chi connectivity index (χ0v) is 13.0. The molecule has 2 fully saturated rings. The lowest BCUT2D eigenvalue weighted by molar-refractivity contribution is -0.357. The fourth-order valence-corrected chi connectivity index (χ4v) is 2.75. The van der Waals surface area contributed by atoms with Crippen LogP contribution in [0.4, 0.5) is 0 Å². The van der Waals surface area contributed by atoms with E-state index >= 15 is 0 Å². The highest BCUT2D eigenvalue weighted by Gasteiger charge is 2.50. The molecule has 0 amide bonds. The van der Waals surface area contributed by atoms with Crippen molar-refractivity contribution in [3.05, 3.63) is 0 Å². The van der Waals surface area contributed by atoms with Crippen molar-refractivity contribution in [2.45, 2.75) is 61.4 Å². The van der Waals surface area contributed by atoms with Crippen LogP contribution in [0.2, 0.25) is 0 Å². The normalized spacial score (nSPS) is 50.0. The van der Waals surface area contributed by atoms with Gasteiger partial charge in [-0.15, -0.1) is 0 Å². The summed E-state index contributed by atoms with van der Waals surface area (Å²) >= 11 is 0. The van der Waals surface area contributed by atoms with Crippen molar-refractivity contribution in [2.75, 3.05) is 20.3 Å². The zero-order chi connectivity index (χ0) is 18.0. The van der Waals surface area contributed by atoms with Crippen LogP contribution in [0, 0.1) is 0 Å². The van der Waals surface area contributed by atoms with Gasteiger partial charge in [0.1, 0.15) is 48.8 Å². The van der Waals surface area contributed by atoms with Gasteiger partial charge in [-0.25, -0.2) is 0 Å². The van der Waals surface area contributed by atoms with Gasteiger partial charge in [0.05, 0.1) is 13.2 Å². The molecule has 0 saturated carbocycles. The number of aliphatic hydroxyl groups is 7. The average Bonchev–Trinajstić information content (AvgIpc) is 2.59. The monoisotopic (exact) mass is 356 g/mol. The first-order valence-electron chi connectivity index (χ1n) is 7.46. The molecule has 2 rings (SSSR count). The second-order valence-electron chi connectivity index (χ2n) is 5.74. The van der Waals surface area contributed by atoms with Crippen molar-refractivity contribution >= 4 is 0 Å². The summed E-state index contributed by atoms with van der Waals surface area (Å²) in [7, 11) is 1.24. The SMILES string of the molecule is CO[C@@H]1O[C@@H](CO)[C@@H](O[C@@H]2O[C@@H](CO)[C@@H](O)[C@@H](O)[C@H]2O)[C@@H](O)[C@H]1O. The molecule has 2 aliphatic rings. The maximum atomic E-state index is 10.2. The molecular weight excluding hydrogens is 332 g/mol. The van der Waals surface area contributed by atoms with Gasteiger partial charge in [-0.05, 0) is 0 Å². The third-order valence-electron chi connectivity index (χ3n) is 4.19. The van der Waals surface area contributed by atoms with Gasteiger partial charge >= 0.3 is 0 Å². The molecule has 0 spiro atoms. The molecule has 0 aromatic rings. The van der Waals surface area contributed by atoms with Gasteiger partial charge in [-0.2, -0.15) is 0 Å². The Hall–Kier alpha value is -0.440. The Bertz CT molecular complexity index is 392. The maximum Gasteiger partial charge on any atom is 0.187 e. The van der Waals surface area contributed by atoms with E-state index in [1.165, 1.54) is 7.11 Å². The van der Waals surface area contributed by atoms with Gasteiger partial charge in [0.25, 0.3) is 0 Å². The number of hydrogen-bond acceptors (Lipinski definition) is 11. The van der Waals surface area contributed by atoms with Crippen LogP contribution in [-0.2, 0) is 18.9 Å². The summed E-state index contributed by atoms with van der Waals surface area (Å²) in [5.41, 5.74) is 0. The first-order chi connectivity index (χ1) is 11.3. The molecule has 10 atom stereocenters. The maximum absolute atomic E-state index is 10.2. The molecule has 7 N–H and O–H groups in total. The Kier molecular flexibility index (Phi) is 6.87. The van der Waals surface area contributed by atoms with Crippen molar-refractivity contribution in [2.24, 2.45) is 0 Å². The van der Waals surface area contributed by atoms with Crippen molar-refractivity contribution in [1.29, 1.82) is 0 Å². The van der Waals surface area contributed by atoms with Crippen molar-refractivity contribution in [3.8, 4) is 0 Å². The Morgan fingerprint density at radius 1 is 0.708 bits per heavy atom. The summed E-state index contributed by atoms with van der Waals surface area (Å²) in [6.45, 7) is -1.24. The van der Waals surface area contributed by atoms with E-state index < -0.39 is 74.6 Å². The Balaban J connectivity index is 2.12. The van der Waals surface area contributed by atoms with Crippen LogP contribution >= 0.6 is 0 Å². The number of ether oxygens (including phenoxy) is 4. The molecule has 0 aromatic carbocycles. The first-order valence-corrected chi connectivity index (χ1v) is 7.46. The van der Waals surface area contributed by atoms with Crippen LogP contribution in [-0.4, -0.2) is 117 Å². The molecule has 0 aliphatic carbocycles. The van der Waals surface area contributed by atoms with Crippen LogP contribution in [0.1, 0.15) is 0 Å². The van der Waals surface area contributed by atoms with Gasteiger partial charge in [0, 0.05) is 7.11 Å². The highest BCUT2D eigenvalue weighted by molar-refractivity contribution is 4.93. The summed E-state index contributed by atoms with van der Waals surface area (Å²) in [5, 5.41) is 68.0. The van der Waals surface area contributed by atoms with Crippen molar-refractivity contribution < 1.29 is 54.7 Å². The third-order valence-corrected chi connectivity index (χ3v) is 4.19. The molecule has 0 unspecified atom stereocenters. The van der Waals surface area contributed by atoms with E-state index in [1.807, 2.05) is 0 Å². The predicted molar refractivity (Wildman–Crippen MR) is 73.4 cm³/mol. The molecule has 24 heavy (non-hydrogen) atoms. The minimum atomic E-state index is -1.69. The average molecular weight is 356 g/mol. The standard InChI is InChI=1S/C13H24O11/c1-21-12-10(20)8(18)11(5(3-15)23-12)24-13-9(19)7(17)6(16)4(2-14)22-13/h4-20H,2-3H2,1H3/t4-,5-,6+,7+,8-,9+,10+,11+,12+,13-/m0/s1. The van der Waals surface area contributed by atoms with E-state index in [-0.39, 0.29) is 0 Å². The lowest BCUT2D eigenvalue weighted by atomic mass is 9.97. The zero-order valence-electron chi connectivity index (χ0n) is 13.0. The molecular formula is C13H24O11. The summed E-state index contributed by atoms with van der Waals surface area (Å²) in [4.78, 5) is 0. The van der Waals surface area contributed by atoms with Crippen LogP contribution in [0.25, 0.3) is 0 Å². The van der Waals surface area contributed by atoms with Crippen LogP contribution < -0.4 is 0 Å². The van der Waals surface area contributed by atoms with E-state index in [0.29, 0.717) is 0 Å². The largest absolute Gasteiger partial charge is 0.394 e. The summed E-state index contributed by atoms with van der Waals surface area (Å²) in [6.07, 6.45) is -14.3. The summed E-state index contributed by atoms with van der Waals surface area (Å²) in [6, 6.07) is 0. The summed E-state index contributed by atoms with van der Waals surface area (Å²) < 4.78 is 20.6. The molecule has 2 saturated heterocycles. The second-order valence-corrected chi connectivity index (χ2v) is 5.74. The smallest absolute Gasteiger partial charge is 0.187 e. The molecule has 2 aliphatic heterocycles. The Labute approximate surface area is 137 Å². The molecule has 11 nitrogen and oxygen atoms in total. The van der Waals surface area contributed by atoms with Crippen LogP contribution in [0.5, 0.6) is 0 Å².